The molecule has 15 heavy (non-hydrogen) atoms. The molecule has 0 spiro atoms. The quantitative estimate of drug-likeness (QED) is 0.690. The molecular formula is C10H6ClN3O. The highest BCUT2D eigenvalue weighted by molar-refractivity contribution is 6.30. The Hall–Kier alpha value is -1.68. The number of pyridine rings is 1. The van der Waals surface area contributed by atoms with Gasteiger partial charge in [0.2, 0.25) is 0 Å². The highest BCUT2D eigenvalue weighted by atomic mass is 35.5. The third-order valence-electron chi connectivity index (χ3n) is 2.28. The molecule has 2 aromatic heterocycles. The third-order valence-corrected chi connectivity index (χ3v) is 2.49. The molecule has 0 aromatic carbocycles. The molecule has 74 valence electrons. The monoisotopic (exact) mass is 219 g/mol. The van der Waals surface area contributed by atoms with E-state index in [1.807, 2.05) is 0 Å². The Morgan fingerprint density at radius 2 is 2.27 bits per heavy atom. The molecule has 4 nitrogen and oxygen atoms in total. The van der Waals surface area contributed by atoms with Crippen molar-refractivity contribution in [3.8, 4) is 0 Å². The van der Waals surface area contributed by atoms with Crippen molar-refractivity contribution in [2.24, 2.45) is 4.99 Å². The van der Waals surface area contributed by atoms with Crippen molar-refractivity contribution >= 4 is 17.3 Å². The highest BCUT2D eigenvalue weighted by Gasteiger charge is 2.20. The van der Waals surface area contributed by atoms with Crippen LogP contribution in [0.2, 0.25) is 5.15 Å². The summed E-state index contributed by atoms with van der Waals surface area (Å²) in [5.74, 6) is 0.663. The van der Waals surface area contributed by atoms with Crippen LogP contribution in [0.5, 0.6) is 0 Å². The van der Waals surface area contributed by atoms with E-state index in [1.165, 1.54) is 6.39 Å². The van der Waals surface area contributed by atoms with E-state index in [0.29, 0.717) is 17.5 Å². The van der Waals surface area contributed by atoms with Crippen LogP contribution < -0.4 is 0 Å². The first-order chi connectivity index (χ1) is 7.34. The number of nitrogens with zero attached hydrogens (tertiary/aromatic N) is 3. The lowest BCUT2D eigenvalue weighted by Gasteiger charge is -1.99. The summed E-state index contributed by atoms with van der Waals surface area (Å²) < 4.78 is 5.21. The molecule has 0 N–H and O–H groups in total. The normalized spacial score (nSPS) is 13.8. The molecule has 5 heteroatoms. The van der Waals surface area contributed by atoms with Gasteiger partial charge in [0.1, 0.15) is 10.9 Å². The fraction of sp³-hybridized carbons (Fsp3) is 0.100. The predicted molar refractivity (Wildman–Crippen MR) is 55.1 cm³/mol. The van der Waals surface area contributed by atoms with Crippen molar-refractivity contribution < 1.29 is 4.42 Å². The molecule has 0 bridgehead atoms. The van der Waals surface area contributed by atoms with E-state index in [4.69, 9.17) is 16.0 Å². The maximum atomic E-state index is 5.84. The number of aromatic nitrogens is 2. The van der Waals surface area contributed by atoms with E-state index in [0.717, 1.165) is 16.8 Å². The number of oxazole rings is 1. The van der Waals surface area contributed by atoms with Gasteiger partial charge in [0.25, 0.3) is 0 Å². The summed E-state index contributed by atoms with van der Waals surface area (Å²) in [5.41, 5.74) is 2.84. The average Bonchev–Trinajstić information content (AvgIpc) is 2.83. The molecule has 2 aromatic rings. The summed E-state index contributed by atoms with van der Waals surface area (Å²) in [6.07, 6.45) is 4.77. The Labute approximate surface area is 90.6 Å². The molecule has 0 unspecified atom stereocenters. The van der Waals surface area contributed by atoms with E-state index in [1.54, 1.807) is 18.5 Å². The van der Waals surface area contributed by atoms with Crippen molar-refractivity contribution in [1.82, 2.24) is 9.97 Å². The number of hydrogen-bond donors (Lipinski definition) is 0. The zero-order valence-corrected chi connectivity index (χ0v) is 8.40. The van der Waals surface area contributed by atoms with Crippen LogP contribution in [0.25, 0.3) is 0 Å². The molecule has 0 radical (unpaired) electrons. The molecule has 0 amide bonds. The Kier molecular flexibility index (Phi) is 1.82. The molecule has 0 aliphatic carbocycles. The summed E-state index contributed by atoms with van der Waals surface area (Å²) in [7, 11) is 0. The Balaban J connectivity index is 2.14. The average molecular weight is 220 g/mol. The maximum absolute atomic E-state index is 5.84. The fourth-order valence-corrected chi connectivity index (χ4v) is 1.76. The van der Waals surface area contributed by atoms with Gasteiger partial charge in [-0.1, -0.05) is 11.6 Å². The SMILES string of the molecule is Clc1cc2c(cn1)CN=C2c1cnco1. The van der Waals surface area contributed by atoms with Gasteiger partial charge >= 0.3 is 0 Å². The van der Waals surface area contributed by atoms with E-state index >= 15 is 0 Å². The molecule has 0 saturated heterocycles. The van der Waals surface area contributed by atoms with Gasteiger partial charge in [-0.15, -0.1) is 0 Å². The minimum Gasteiger partial charge on any atom is -0.442 e. The largest absolute Gasteiger partial charge is 0.442 e. The van der Waals surface area contributed by atoms with Gasteiger partial charge in [0.15, 0.2) is 12.2 Å². The second kappa shape index (κ2) is 3.17. The highest BCUT2D eigenvalue weighted by Crippen LogP contribution is 2.24. The summed E-state index contributed by atoms with van der Waals surface area (Å²) in [4.78, 5) is 12.2. The molecule has 1 aliphatic rings. The van der Waals surface area contributed by atoms with E-state index in [9.17, 15) is 0 Å². The molecule has 0 saturated carbocycles. The molecular weight excluding hydrogens is 214 g/mol. The van der Waals surface area contributed by atoms with Crippen molar-refractivity contribution in [1.29, 1.82) is 0 Å². The summed E-state index contributed by atoms with van der Waals surface area (Å²) in [5, 5.41) is 0.461. The predicted octanol–water partition coefficient (Wildman–Crippen LogP) is 2.07. The van der Waals surface area contributed by atoms with Gasteiger partial charge < -0.3 is 4.42 Å². The molecule has 3 rings (SSSR count). The maximum Gasteiger partial charge on any atom is 0.181 e. The standard InChI is InChI=1S/C10H6ClN3O/c11-9-1-7-6(2-13-9)3-14-10(7)8-4-12-5-15-8/h1-2,4-5H,3H2. The lowest BCUT2D eigenvalue weighted by molar-refractivity contribution is 0.549. The smallest absolute Gasteiger partial charge is 0.181 e. The van der Waals surface area contributed by atoms with E-state index in [-0.39, 0.29) is 0 Å². The minimum absolute atomic E-state index is 0.461. The summed E-state index contributed by atoms with van der Waals surface area (Å²) >= 11 is 5.84. The zero-order valence-electron chi connectivity index (χ0n) is 7.64. The Morgan fingerprint density at radius 3 is 3.07 bits per heavy atom. The number of halogens is 1. The van der Waals surface area contributed by atoms with Gasteiger partial charge in [-0.2, -0.15) is 0 Å². The minimum atomic E-state index is 0.461. The van der Waals surface area contributed by atoms with Crippen LogP contribution in [0.3, 0.4) is 0 Å². The lowest BCUT2D eigenvalue weighted by atomic mass is 10.1. The zero-order chi connectivity index (χ0) is 10.3. The van der Waals surface area contributed by atoms with Crippen LogP contribution >= 0.6 is 11.6 Å². The Morgan fingerprint density at radius 1 is 1.33 bits per heavy atom. The van der Waals surface area contributed by atoms with Gasteiger partial charge in [-0.05, 0) is 6.07 Å². The first kappa shape index (κ1) is 8.61. The lowest BCUT2D eigenvalue weighted by Crippen LogP contribution is -1.99. The molecule has 1 aliphatic heterocycles. The molecule has 0 fully saturated rings. The summed E-state index contributed by atoms with van der Waals surface area (Å²) in [6, 6.07) is 1.80. The molecule has 3 heterocycles. The number of rotatable bonds is 1. The number of fused-ring (bicyclic) bond motifs is 1. The summed E-state index contributed by atoms with van der Waals surface area (Å²) in [6.45, 7) is 0.621. The van der Waals surface area contributed by atoms with Crippen molar-refractivity contribution in [2.45, 2.75) is 6.54 Å². The van der Waals surface area contributed by atoms with Gasteiger partial charge in [-0.3, -0.25) is 4.99 Å². The van der Waals surface area contributed by atoms with Gasteiger partial charge in [-0.25, -0.2) is 9.97 Å². The first-order valence-corrected chi connectivity index (χ1v) is 4.80. The Bertz CT molecular complexity index is 534. The van der Waals surface area contributed by atoms with Crippen molar-refractivity contribution in [3.63, 3.8) is 0 Å². The fourth-order valence-electron chi connectivity index (χ4n) is 1.60. The van der Waals surface area contributed by atoms with Crippen LogP contribution in [0, 0.1) is 0 Å². The topological polar surface area (TPSA) is 51.3 Å². The van der Waals surface area contributed by atoms with Crippen LogP contribution in [0.4, 0.5) is 0 Å². The number of aliphatic imine (C=N–C) groups is 1. The van der Waals surface area contributed by atoms with Crippen LogP contribution in [-0.4, -0.2) is 15.7 Å². The third kappa shape index (κ3) is 1.34. The van der Waals surface area contributed by atoms with Crippen LogP contribution in [0.1, 0.15) is 16.9 Å². The first-order valence-electron chi connectivity index (χ1n) is 4.43. The van der Waals surface area contributed by atoms with Crippen LogP contribution in [0.15, 0.2) is 34.3 Å². The molecule has 0 atom stereocenters. The number of hydrogen-bond acceptors (Lipinski definition) is 4. The van der Waals surface area contributed by atoms with Crippen molar-refractivity contribution in [2.75, 3.05) is 0 Å². The van der Waals surface area contributed by atoms with Crippen LogP contribution in [-0.2, 0) is 6.54 Å². The second-order valence-corrected chi connectivity index (χ2v) is 3.58. The second-order valence-electron chi connectivity index (χ2n) is 3.19. The van der Waals surface area contributed by atoms with E-state index in [2.05, 4.69) is 15.0 Å². The van der Waals surface area contributed by atoms with E-state index < -0.39 is 0 Å². The van der Waals surface area contributed by atoms with Gasteiger partial charge in [0.05, 0.1) is 12.7 Å². The van der Waals surface area contributed by atoms with Gasteiger partial charge in [0, 0.05) is 17.3 Å². The van der Waals surface area contributed by atoms with Crippen molar-refractivity contribution in [3.05, 3.63) is 46.9 Å².